The first-order valence-corrected chi connectivity index (χ1v) is 8.55. The van der Waals surface area contributed by atoms with E-state index in [4.69, 9.17) is 11.6 Å². The molecule has 2 amide bonds. The summed E-state index contributed by atoms with van der Waals surface area (Å²) in [5.74, 6) is 0.338. The van der Waals surface area contributed by atoms with Crippen molar-refractivity contribution < 1.29 is 9.59 Å². The van der Waals surface area contributed by atoms with Crippen LogP contribution in [0, 0.1) is 0 Å². The standard InChI is InChI=1S/C16H23ClN2O2S/c1-6-22-13-8-7-11(17)9-12(13)15(21)18-10(2)14(20)19-16(3,4)5/h7-10H,6H2,1-5H3,(H,18,21)(H,19,20). The molecule has 1 aromatic rings. The van der Waals surface area contributed by atoms with Gasteiger partial charge in [-0.1, -0.05) is 18.5 Å². The Hall–Kier alpha value is -1.20. The van der Waals surface area contributed by atoms with Crippen molar-refractivity contribution in [1.82, 2.24) is 10.6 Å². The maximum atomic E-state index is 12.4. The van der Waals surface area contributed by atoms with Crippen molar-refractivity contribution in [2.75, 3.05) is 5.75 Å². The van der Waals surface area contributed by atoms with Crippen LogP contribution in [0.25, 0.3) is 0 Å². The lowest BCUT2D eigenvalue weighted by Gasteiger charge is -2.24. The van der Waals surface area contributed by atoms with Gasteiger partial charge in [0.25, 0.3) is 5.91 Å². The molecule has 1 atom stereocenters. The summed E-state index contributed by atoms with van der Waals surface area (Å²) >= 11 is 7.54. The number of hydrogen-bond donors (Lipinski definition) is 2. The number of thioether (sulfide) groups is 1. The number of halogens is 1. The molecule has 0 fully saturated rings. The fourth-order valence-electron chi connectivity index (χ4n) is 1.78. The number of rotatable bonds is 5. The molecule has 0 spiro atoms. The van der Waals surface area contributed by atoms with Crippen LogP contribution >= 0.6 is 23.4 Å². The van der Waals surface area contributed by atoms with E-state index < -0.39 is 6.04 Å². The quantitative estimate of drug-likeness (QED) is 0.805. The van der Waals surface area contributed by atoms with Gasteiger partial charge in [-0.15, -0.1) is 11.8 Å². The average Bonchev–Trinajstić information content (AvgIpc) is 2.38. The van der Waals surface area contributed by atoms with Crippen molar-refractivity contribution in [2.24, 2.45) is 0 Å². The lowest BCUT2D eigenvalue weighted by atomic mass is 10.1. The van der Waals surface area contributed by atoms with Crippen LogP contribution in [0.2, 0.25) is 5.02 Å². The molecule has 1 unspecified atom stereocenters. The highest BCUT2D eigenvalue weighted by molar-refractivity contribution is 7.99. The molecule has 0 radical (unpaired) electrons. The van der Waals surface area contributed by atoms with Crippen LogP contribution in [0.5, 0.6) is 0 Å². The van der Waals surface area contributed by atoms with Crippen LogP contribution in [0.15, 0.2) is 23.1 Å². The first-order valence-electron chi connectivity index (χ1n) is 7.19. The summed E-state index contributed by atoms with van der Waals surface area (Å²) in [5, 5.41) is 6.06. The summed E-state index contributed by atoms with van der Waals surface area (Å²) in [7, 11) is 0. The van der Waals surface area contributed by atoms with Crippen LogP contribution in [0.3, 0.4) is 0 Å². The molecule has 6 heteroatoms. The summed E-state index contributed by atoms with van der Waals surface area (Å²) in [6.45, 7) is 9.36. The average molecular weight is 343 g/mol. The molecule has 0 heterocycles. The van der Waals surface area contributed by atoms with Crippen molar-refractivity contribution in [3.8, 4) is 0 Å². The maximum Gasteiger partial charge on any atom is 0.253 e. The highest BCUT2D eigenvalue weighted by Crippen LogP contribution is 2.25. The number of carbonyl (C=O) groups is 2. The fourth-order valence-corrected chi connectivity index (χ4v) is 2.73. The van der Waals surface area contributed by atoms with Gasteiger partial charge in [-0.25, -0.2) is 0 Å². The molecule has 0 aliphatic carbocycles. The summed E-state index contributed by atoms with van der Waals surface area (Å²) in [5.41, 5.74) is 0.157. The van der Waals surface area contributed by atoms with Crippen LogP contribution in [-0.2, 0) is 4.79 Å². The second-order valence-corrected chi connectivity index (χ2v) is 7.75. The molecular formula is C16H23ClN2O2S. The third-order valence-corrected chi connectivity index (χ3v) is 3.92. The van der Waals surface area contributed by atoms with E-state index >= 15 is 0 Å². The molecule has 1 rings (SSSR count). The second-order valence-electron chi connectivity index (χ2n) is 6.01. The Morgan fingerprint density at radius 2 is 1.95 bits per heavy atom. The van der Waals surface area contributed by atoms with Crippen LogP contribution < -0.4 is 10.6 Å². The minimum atomic E-state index is -0.620. The summed E-state index contributed by atoms with van der Waals surface area (Å²) < 4.78 is 0. The Kier molecular flexibility index (Phi) is 6.75. The first-order chi connectivity index (χ1) is 10.1. The molecule has 0 aliphatic heterocycles. The molecule has 0 bridgehead atoms. The molecule has 122 valence electrons. The molecule has 2 N–H and O–H groups in total. The zero-order valence-corrected chi connectivity index (χ0v) is 15.2. The van der Waals surface area contributed by atoms with Gasteiger partial charge in [-0.2, -0.15) is 0 Å². The Balaban J connectivity index is 2.84. The van der Waals surface area contributed by atoms with Crippen LogP contribution in [0.4, 0.5) is 0 Å². The lowest BCUT2D eigenvalue weighted by Crippen LogP contribution is -2.50. The minimum absolute atomic E-state index is 0.215. The predicted octanol–water partition coefficient (Wildman–Crippen LogP) is 3.49. The van der Waals surface area contributed by atoms with Crippen molar-refractivity contribution in [1.29, 1.82) is 0 Å². The molecule has 4 nitrogen and oxygen atoms in total. The van der Waals surface area contributed by atoms with Crippen molar-refractivity contribution in [3.05, 3.63) is 28.8 Å². The van der Waals surface area contributed by atoms with Crippen molar-refractivity contribution in [3.63, 3.8) is 0 Å². The Morgan fingerprint density at radius 1 is 1.32 bits per heavy atom. The van der Waals surface area contributed by atoms with Gasteiger partial charge in [-0.05, 0) is 51.6 Å². The summed E-state index contributed by atoms with van der Waals surface area (Å²) in [6.07, 6.45) is 0. The number of amides is 2. The highest BCUT2D eigenvalue weighted by atomic mass is 35.5. The predicted molar refractivity (Wildman–Crippen MR) is 92.7 cm³/mol. The normalized spacial score (nSPS) is 12.6. The van der Waals surface area contributed by atoms with Gasteiger partial charge in [0.15, 0.2) is 0 Å². The summed E-state index contributed by atoms with van der Waals surface area (Å²) in [4.78, 5) is 25.3. The number of carbonyl (C=O) groups excluding carboxylic acids is 2. The third kappa shape index (κ3) is 5.89. The molecule has 0 saturated carbocycles. The van der Waals surface area contributed by atoms with Gasteiger partial charge in [-0.3, -0.25) is 9.59 Å². The first kappa shape index (κ1) is 18.8. The van der Waals surface area contributed by atoms with Gasteiger partial charge in [0.05, 0.1) is 5.56 Å². The van der Waals surface area contributed by atoms with Crippen molar-refractivity contribution in [2.45, 2.75) is 51.1 Å². The molecule has 1 aromatic carbocycles. The van der Waals surface area contributed by atoms with Gasteiger partial charge in [0, 0.05) is 15.5 Å². The molecule has 0 aliphatic rings. The largest absolute Gasteiger partial charge is 0.350 e. The van der Waals surface area contributed by atoms with E-state index in [2.05, 4.69) is 10.6 Å². The number of hydrogen-bond acceptors (Lipinski definition) is 3. The van der Waals surface area contributed by atoms with E-state index in [0.29, 0.717) is 10.6 Å². The van der Waals surface area contributed by atoms with Gasteiger partial charge in [0.2, 0.25) is 5.91 Å². The minimum Gasteiger partial charge on any atom is -0.350 e. The highest BCUT2D eigenvalue weighted by Gasteiger charge is 2.22. The Morgan fingerprint density at radius 3 is 2.50 bits per heavy atom. The SMILES string of the molecule is CCSc1ccc(Cl)cc1C(=O)NC(C)C(=O)NC(C)(C)C. The van der Waals surface area contributed by atoms with Crippen molar-refractivity contribution >= 4 is 35.2 Å². The smallest absolute Gasteiger partial charge is 0.253 e. The van der Waals surface area contributed by atoms with Gasteiger partial charge >= 0.3 is 0 Å². The topological polar surface area (TPSA) is 58.2 Å². The van der Waals surface area contributed by atoms with E-state index in [1.165, 1.54) is 0 Å². The van der Waals surface area contributed by atoms with E-state index in [-0.39, 0.29) is 17.4 Å². The number of benzene rings is 1. The van der Waals surface area contributed by atoms with E-state index in [0.717, 1.165) is 10.6 Å². The van der Waals surface area contributed by atoms with Gasteiger partial charge < -0.3 is 10.6 Å². The zero-order valence-electron chi connectivity index (χ0n) is 13.6. The van der Waals surface area contributed by atoms with E-state index in [1.807, 2.05) is 33.8 Å². The summed E-state index contributed by atoms with van der Waals surface area (Å²) in [6, 6.07) is 4.59. The molecule has 0 aromatic heterocycles. The monoisotopic (exact) mass is 342 g/mol. The molecule has 22 heavy (non-hydrogen) atoms. The van der Waals surface area contributed by atoms with Crippen LogP contribution in [0.1, 0.15) is 45.0 Å². The van der Waals surface area contributed by atoms with Crippen LogP contribution in [-0.4, -0.2) is 29.1 Å². The van der Waals surface area contributed by atoms with Gasteiger partial charge in [0.1, 0.15) is 6.04 Å². The fraction of sp³-hybridized carbons (Fsp3) is 0.500. The Bertz CT molecular complexity index is 556. The van der Waals surface area contributed by atoms with E-state index in [1.54, 1.807) is 30.8 Å². The van der Waals surface area contributed by atoms with E-state index in [9.17, 15) is 9.59 Å². The lowest BCUT2D eigenvalue weighted by molar-refractivity contribution is -0.124. The molecule has 0 saturated heterocycles. The Labute approximate surface area is 141 Å². The third-order valence-electron chi connectivity index (χ3n) is 2.73. The molecular weight excluding hydrogens is 320 g/mol. The zero-order chi connectivity index (χ0) is 16.9. The number of nitrogens with one attached hydrogen (secondary N) is 2. The maximum absolute atomic E-state index is 12.4. The second kappa shape index (κ2) is 7.88.